The molecule has 0 aromatic rings. The first-order chi connectivity index (χ1) is 8.33. The molecule has 0 aliphatic carbocycles. The van der Waals surface area contributed by atoms with E-state index in [4.69, 9.17) is 11.6 Å². The molecule has 0 atom stereocenters. The van der Waals surface area contributed by atoms with E-state index in [1.165, 1.54) is 8.61 Å². The first-order valence-electron chi connectivity index (χ1n) is 5.85. The van der Waals surface area contributed by atoms with Gasteiger partial charge in [0.15, 0.2) is 0 Å². The molecular weight excluding hydrogens is 300 g/mol. The highest BCUT2D eigenvalue weighted by Crippen LogP contribution is 2.12. The molecule has 0 radical (unpaired) electrons. The van der Waals surface area contributed by atoms with E-state index >= 15 is 0 Å². The second-order valence-electron chi connectivity index (χ2n) is 4.12. The van der Waals surface area contributed by atoms with Gasteiger partial charge in [0.1, 0.15) is 0 Å². The number of hydrogen-bond acceptors (Lipinski definition) is 4. The molecule has 1 rings (SSSR count). The second-order valence-corrected chi connectivity index (χ2v) is 8.67. The lowest BCUT2D eigenvalue weighted by Crippen LogP contribution is -2.51. The predicted molar refractivity (Wildman–Crippen MR) is 71.7 cm³/mol. The fraction of sp³-hybridized carbons (Fsp3) is 1.00. The van der Waals surface area contributed by atoms with E-state index in [0.29, 0.717) is 6.42 Å². The zero-order valence-electron chi connectivity index (χ0n) is 10.4. The second kappa shape index (κ2) is 6.51. The van der Waals surface area contributed by atoms with Crippen LogP contribution in [0.2, 0.25) is 0 Å². The van der Waals surface area contributed by atoms with Crippen LogP contribution in [-0.4, -0.2) is 69.0 Å². The molecule has 0 N–H and O–H groups in total. The van der Waals surface area contributed by atoms with Crippen LogP contribution in [0.1, 0.15) is 13.3 Å². The minimum atomic E-state index is -3.33. The van der Waals surface area contributed by atoms with Crippen LogP contribution in [0.5, 0.6) is 0 Å². The Labute approximate surface area is 114 Å². The standard InChI is InChI=1S/C9H19ClN2O4S2/c1-2-8-17(13,14)11-4-6-12(7-5-11)18(15,16)9-3-10/h2-9H2,1H3. The van der Waals surface area contributed by atoms with Gasteiger partial charge in [0.25, 0.3) is 0 Å². The Kier molecular flexibility index (Phi) is 5.85. The summed E-state index contributed by atoms with van der Waals surface area (Å²) in [6.45, 7) is 2.68. The van der Waals surface area contributed by atoms with Crippen molar-refractivity contribution in [3.8, 4) is 0 Å². The van der Waals surface area contributed by atoms with Crippen LogP contribution in [0.4, 0.5) is 0 Å². The van der Waals surface area contributed by atoms with Gasteiger partial charge in [-0.25, -0.2) is 16.8 Å². The smallest absolute Gasteiger partial charge is 0.212 e. The van der Waals surface area contributed by atoms with Crippen LogP contribution in [-0.2, 0) is 20.0 Å². The van der Waals surface area contributed by atoms with Crippen molar-refractivity contribution in [1.82, 2.24) is 8.61 Å². The Bertz CT molecular complexity index is 411. The average Bonchev–Trinajstić information content (AvgIpc) is 2.29. The Morgan fingerprint density at radius 3 is 1.61 bits per heavy atom. The third-order valence-electron chi connectivity index (χ3n) is 2.78. The summed E-state index contributed by atoms with van der Waals surface area (Å²) in [5.74, 6) is 0.0639. The van der Waals surface area contributed by atoms with E-state index in [1.807, 2.05) is 0 Å². The van der Waals surface area contributed by atoms with Crippen molar-refractivity contribution in [2.45, 2.75) is 13.3 Å². The van der Waals surface area contributed by atoms with Gasteiger partial charge in [0.05, 0.1) is 11.5 Å². The van der Waals surface area contributed by atoms with E-state index in [-0.39, 0.29) is 43.6 Å². The SMILES string of the molecule is CCCS(=O)(=O)N1CCN(S(=O)(=O)CCCl)CC1. The minimum Gasteiger partial charge on any atom is -0.212 e. The lowest BCUT2D eigenvalue weighted by atomic mass is 10.4. The Hall–Kier alpha value is 0.110. The number of rotatable bonds is 6. The zero-order chi connectivity index (χ0) is 13.8. The molecule has 1 saturated heterocycles. The molecule has 1 aliphatic rings. The molecule has 1 heterocycles. The fourth-order valence-corrected chi connectivity index (χ4v) is 5.09. The van der Waals surface area contributed by atoms with Crippen LogP contribution in [0.25, 0.3) is 0 Å². The van der Waals surface area contributed by atoms with Gasteiger partial charge >= 0.3 is 0 Å². The van der Waals surface area contributed by atoms with Crippen LogP contribution >= 0.6 is 11.6 Å². The molecule has 0 saturated carbocycles. The van der Waals surface area contributed by atoms with E-state index in [9.17, 15) is 16.8 Å². The van der Waals surface area contributed by atoms with Crippen molar-refractivity contribution < 1.29 is 16.8 Å². The topological polar surface area (TPSA) is 74.8 Å². The average molecular weight is 319 g/mol. The van der Waals surface area contributed by atoms with E-state index in [2.05, 4.69) is 0 Å². The summed E-state index contributed by atoms with van der Waals surface area (Å²) in [6.07, 6.45) is 0.563. The first-order valence-corrected chi connectivity index (χ1v) is 9.60. The third kappa shape index (κ3) is 4.06. The highest BCUT2D eigenvalue weighted by atomic mass is 35.5. The molecule has 1 aliphatic heterocycles. The molecule has 108 valence electrons. The van der Waals surface area contributed by atoms with Crippen molar-refractivity contribution >= 4 is 31.6 Å². The molecule has 0 spiro atoms. The highest BCUT2D eigenvalue weighted by molar-refractivity contribution is 7.89. The quantitative estimate of drug-likeness (QED) is 0.642. The van der Waals surface area contributed by atoms with E-state index < -0.39 is 20.0 Å². The van der Waals surface area contributed by atoms with Gasteiger partial charge < -0.3 is 0 Å². The summed E-state index contributed by atoms with van der Waals surface area (Å²) in [7, 11) is -6.56. The van der Waals surface area contributed by atoms with Crippen molar-refractivity contribution in [1.29, 1.82) is 0 Å². The molecule has 1 fully saturated rings. The Morgan fingerprint density at radius 2 is 1.28 bits per heavy atom. The van der Waals surface area contributed by atoms with Gasteiger partial charge in [-0.15, -0.1) is 11.6 Å². The van der Waals surface area contributed by atoms with Crippen LogP contribution in [0.15, 0.2) is 0 Å². The highest BCUT2D eigenvalue weighted by Gasteiger charge is 2.31. The van der Waals surface area contributed by atoms with E-state index in [0.717, 1.165) is 0 Å². The number of sulfonamides is 2. The number of hydrogen-bond donors (Lipinski definition) is 0. The van der Waals surface area contributed by atoms with Crippen LogP contribution in [0, 0.1) is 0 Å². The fourth-order valence-electron chi connectivity index (χ4n) is 1.84. The molecule has 18 heavy (non-hydrogen) atoms. The van der Waals surface area contributed by atoms with E-state index in [1.54, 1.807) is 6.92 Å². The largest absolute Gasteiger partial charge is 0.215 e. The van der Waals surface area contributed by atoms with Crippen LogP contribution < -0.4 is 0 Å². The maximum atomic E-state index is 11.8. The minimum absolute atomic E-state index is 0.0523. The van der Waals surface area contributed by atoms with Gasteiger partial charge in [-0.05, 0) is 6.42 Å². The molecule has 0 amide bonds. The summed E-state index contributed by atoms with van der Waals surface area (Å²) in [6, 6.07) is 0. The third-order valence-corrected chi connectivity index (χ3v) is 7.14. The molecular formula is C9H19ClN2O4S2. The first kappa shape index (κ1) is 16.2. The lowest BCUT2D eigenvalue weighted by molar-refractivity contribution is 0.273. The van der Waals surface area contributed by atoms with Gasteiger partial charge in [0.2, 0.25) is 20.0 Å². The van der Waals surface area contributed by atoms with Gasteiger partial charge in [-0.2, -0.15) is 8.61 Å². The van der Waals surface area contributed by atoms with Gasteiger partial charge in [0, 0.05) is 32.1 Å². The van der Waals surface area contributed by atoms with Crippen LogP contribution in [0.3, 0.4) is 0 Å². The Balaban J connectivity index is 2.62. The van der Waals surface area contributed by atoms with Gasteiger partial charge in [-0.3, -0.25) is 0 Å². The predicted octanol–water partition coefficient (Wildman–Crippen LogP) is -0.0876. The van der Waals surface area contributed by atoms with Crippen molar-refractivity contribution in [2.24, 2.45) is 0 Å². The number of alkyl halides is 1. The summed E-state index contributed by atoms with van der Waals surface area (Å²) < 4.78 is 49.8. The molecule has 9 heteroatoms. The number of piperazine rings is 1. The maximum Gasteiger partial charge on any atom is 0.215 e. The maximum absolute atomic E-state index is 11.8. The monoisotopic (exact) mass is 318 g/mol. The molecule has 0 bridgehead atoms. The Morgan fingerprint density at radius 1 is 0.889 bits per heavy atom. The number of halogens is 1. The molecule has 0 aromatic heterocycles. The molecule has 0 aromatic carbocycles. The summed E-state index contributed by atoms with van der Waals surface area (Å²) in [5.41, 5.74) is 0. The summed E-state index contributed by atoms with van der Waals surface area (Å²) >= 11 is 5.44. The molecule has 0 unspecified atom stereocenters. The number of nitrogens with zero attached hydrogens (tertiary/aromatic N) is 2. The van der Waals surface area contributed by atoms with Crippen molar-refractivity contribution in [3.05, 3.63) is 0 Å². The van der Waals surface area contributed by atoms with Gasteiger partial charge in [-0.1, -0.05) is 6.92 Å². The molecule has 6 nitrogen and oxygen atoms in total. The summed E-state index contributed by atoms with van der Waals surface area (Å²) in [4.78, 5) is 0. The normalized spacial score (nSPS) is 20.1. The summed E-state index contributed by atoms with van der Waals surface area (Å²) in [5, 5.41) is 0. The zero-order valence-corrected chi connectivity index (χ0v) is 12.8. The van der Waals surface area contributed by atoms with Crippen molar-refractivity contribution in [2.75, 3.05) is 43.6 Å². The lowest BCUT2D eigenvalue weighted by Gasteiger charge is -2.33. The van der Waals surface area contributed by atoms with Crippen molar-refractivity contribution in [3.63, 3.8) is 0 Å².